The molecule has 0 aliphatic rings. The van der Waals surface area contributed by atoms with Crippen LogP contribution in [0.4, 0.5) is 5.69 Å². The predicted molar refractivity (Wildman–Crippen MR) is 93.7 cm³/mol. The van der Waals surface area contributed by atoms with Crippen molar-refractivity contribution in [3.8, 4) is 11.4 Å². The predicted octanol–water partition coefficient (Wildman–Crippen LogP) is 3.69. The molecule has 0 radical (unpaired) electrons. The van der Waals surface area contributed by atoms with E-state index < -0.39 is 0 Å². The van der Waals surface area contributed by atoms with Gasteiger partial charge >= 0.3 is 0 Å². The van der Waals surface area contributed by atoms with Crippen molar-refractivity contribution in [3.05, 3.63) is 85.5 Å². The molecule has 1 amide bonds. The summed E-state index contributed by atoms with van der Waals surface area (Å²) in [5.74, 6) is 0.539. The summed E-state index contributed by atoms with van der Waals surface area (Å²) in [6.07, 6.45) is 6.99. The van der Waals surface area contributed by atoms with Crippen LogP contribution in [0.15, 0.2) is 79.9 Å². The summed E-state index contributed by atoms with van der Waals surface area (Å²) in [5, 5.41) is 2.87. The van der Waals surface area contributed by atoms with Crippen LogP contribution in [0.5, 0.6) is 5.75 Å². The molecule has 24 heavy (non-hydrogen) atoms. The minimum Gasteiger partial charge on any atom is -0.490 e. The molecular weight excluding hydrogens is 302 g/mol. The smallest absolute Gasteiger partial charge is 0.255 e. The van der Waals surface area contributed by atoms with Gasteiger partial charge in [-0.3, -0.25) is 4.79 Å². The molecule has 5 heteroatoms. The minimum absolute atomic E-state index is 0.166. The van der Waals surface area contributed by atoms with Gasteiger partial charge in [0.25, 0.3) is 5.91 Å². The Morgan fingerprint density at radius 2 is 1.92 bits per heavy atom. The maximum Gasteiger partial charge on any atom is 0.255 e. The van der Waals surface area contributed by atoms with Crippen LogP contribution in [0.1, 0.15) is 10.4 Å². The van der Waals surface area contributed by atoms with Crippen molar-refractivity contribution in [1.82, 2.24) is 9.55 Å². The second-order valence-electron chi connectivity index (χ2n) is 5.10. The van der Waals surface area contributed by atoms with Gasteiger partial charge in [0.15, 0.2) is 0 Å². The largest absolute Gasteiger partial charge is 0.490 e. The molecule has 0 atom stereocenters. The zero-order valence-corrected chi connectivity index (χ0v) is 13.1. The molecule has 3 aromatic rings. The quantitative estimate of drug-likeness (QED) is 0.705. The summed E-state index contributed by atoms with van der Waals surface area (Å²) < 4.78 is 7.30. The number of hydrogen-bond acceptors (Lipinski definition) is 3. The van der Waals surface area contributed by atoms with E-state index in [0.717, 1.165) is 11.4 Å². The van der Waals surface area contributed by atoms with E-state index in [-0.39, 0.29) is 5.91 Å². The van der Waals surface area contributed by atoms with Crippen molar-refractivity contribution in [1.29, 1.82) is 0 Å². The van der Waals surface area contributed by atoms with Crippen LogP contribution < -0.4 is 10.1 Å². The standard InChI is InChI=1S/C19H17N3O2/c1-2-13-24-18-9-3-15(4-10-18)19(23)21-16-5-7-17(8-6-16)22-12-11-20-14-22/h2-12,14H,1,13H2,(H,21,23). The number of anilines is 1. The Hall–Kier alpha value is -3.34. The number of ether oxygens (including phenoxy) is 1. The first-order valence-electron chi connectivity index (χ1n) is 7.50. The van der Waals surface area contributed by atoms with E-state index in [9.17, 15) is 4.79 Å². The molecule has 120 valence electrons. The van der Waals surface area contributed by atoms with E-state index in [1.54, 1.807) is 42.9 Å². The molecule has 0 aliphatic heterocycles. The van der Waals surface area contributed by atoms with Crippen molar-refractivity contribution < 1.29 is 9.53 Å². The van der Waals surface area contributed by atoms with Gasteiger partial charge in [-0.25, -0.2) is 4.98 Å². The van der Waals surface area contributed by atoms with Gasteiger partial charge in [0.05, 0.1) is 6.33 Å². The first-order valence-corrected chi connectivity index (χ1v) is 7.50. The Morgan fingerprint density at radius 1 is 1.17 bits per heavy atom. The third-order valence-electron chi connectivity index (χ3n) is 3.41. The monoisotopic (exact) mass is 319 g/mol. The van der Waals surface area contributed by atoms with Gasteiger partial charge in [0, 0.05) is 29.3 Å². The molecular formula is C19H17N3O2. The van der Waals surface area contributed by atoms with Crippen LogP contribution >= 0.6 is 0 Å². The van der Waals surface area contributed by atoms with Crippen molar-refractivity contribution >= 4 is 11.6 Å². The summed E-state index contributed by atoms with van der Waals surface area (Å²) in [4.78, 5) is 16.3. The minimum atomic E-state index is -0.166. The van der Waals surface area contributed by atoms with Crippen molar-refractivity contribution in [3.63, 3.8) is 0 Å². The summed E-state index contributed by atoms with van der Waals surface area (Å²) in [7, 11) is 0. The fourth-order valence-electron chi connectivity index (χ4n) is 2.19. The molecule has 2 aromatic carbocycles. The third-order valence-corrected chi connectivity index (χ3v) is 3.41. The van der Waals surface area contributed by atoms with Gasteiger partial charge in [-0.2, -0.15) is 0 Å². The van der Waals surface area contributed by atoms with E-state index in [0.29, 0.717) is 17.9 Å². The average molecular weight is 319 g/mol. The Labute approximate surface area is 140 Å². The number of amides is 1. The highest BCUT2D eigenvalue weighted by molar-refractivity contribution is 6.04. The van der Waals surface area contributed by atoms with E-state index in [1.807, 2.05) is 35.0 Å². The first-order chi connectivity index (χ1) is 11.8. The third kappa shape index (κ3) is 3.70. The topological polar surface area (TPSA) is 56.1 Å². The van der Waals surface area contributed by atoms with Gasteiger partial charge in [0.1, 0.15) is 12.4 Å². The molecule has 0 saturated carbocycles. The second kappa shape index (κ2) is 7.28. The number of nitrogens with one attached hydrogen (secondary N) is 1. The fourth-order valence-corrected chi connectivity index (χ4v) is 2.19. The summed E-state index contributed by atoms with van der Waals surface area (Å²) in [5.41, 5.74) is 2.28. The van der Waals surface area contributed by atoms with E-state index in [4.69, 9.17) is 4.74 Å². The summed E-state index contributed by atoms with van der Waals surface area (Å²) >= 11 is 0. The van der Waals surface area contributed by atoms with Gasteiger partial charge in [0.2, 0.25) is 0 Å². The molecule has 0 spiro atoms. The van der Waals surface area contributed by atoms with Gasteiger partial charge in [-0.15, -0.1) is 0 Å². The maximum absolute atomic E-state index is 12.3. The Morgan fingerprint density at radius 3 is 2.54 bits per heavy atom. The number of carbonyl (C=O) groups is 1. The molecule has 0 saturated heterocycles. The number of aromatic nitrogens is 2. The number of carbonyl (C=O) groups excluding carboxylic acids is 1. The molecule has 0 fully saturated rings. The SMILES string of the molecule is C=CCOc1ccc(C(=O)Nc2ccc(-n3ccnc3)cc2)cc1. The fraction of sp³-hybridized carbons (Fsp3) is 0.0526. The molecule has 1 aromatic heterocycles. The first kappa shape index (κ1) is 15.6. The molecule has 5 nitrogen and oxygen atoms in total. The Kier molecular flexibility index (Phi) is 4.72. The number of benzene rings is 2. The van der Waals surface area contributed by atoms with Crippen LogP contribution in [-0.2, 0) is 0 Å². The average Bonchev–Trinajstić information content (AvgIpc) is 3.15. The lowest BCUT2D eigenvalue weighted by Gasteiger charge is -2.08. The van der Waals surface area contributed by atoms with Crippen LogP contribution in [0.2, 0.25) is 0 Å². The molecule has 1 N–H and O–H groups in total. The van der Waals surface area contributed by atoms with Crippen molar-refractivity contribution in [2.75, 3.05) is 11.9 Å². The maximum atomic E-state index is 12.3. The van der Waals surface area contributed by atoms with Gasteiger partial charge in [-0.1, -0.05) is 12.7 Å². The van der Waals surface area contributed by atoms with Crippen LogP contribution in [-0.4, -0.2) is 22.1 Å². The number of rotatable bonds is 6. The highest BCUT2D eigenvalue weighted by atomic mass is 16.5. The van der Waals surface area contributed by atoms with E-state index in [2.05, 4.69) is 16.9 Å². The molecule has 1 heterocycles. The van der Waals surface area contributed by atoms with Gasteiger partial charge in [-0.05, 0) is 48.5 Å². The van der Waals surface area contributed by atoms with E-state index >= 15 is 0 Å². The molecule has 0 aliphatic carbocycles. The normalized spacial score (nSPS) is 10.2. The second-order valence-corrected chi connectivity index (χ2v) is 5.10. The zero-order valence-electron chi connectivity index (χ0n) is 13.1. The van der Waals surface area contributed by atoms with Crippen LogP contribution in [0.25, 0.3) is 5.69 Å². The zero-order chi connectivity index (χ0) is 16.8. The molecule has 3 rings (SSSR count). The van der Waals surface area contributed by atoms with Crippen molar-refractivity contribution in [2.45, 2.75) is 0 Å². The Bertz CT molecular complexity index is 807. The highest BCUT2D eigenvalue weighted by Gasteiger charge is 2.06. The number of imidazole rings is 1. The van der Waals surface area contributed by atoms with Crippen LogP contribution in [0.3, 0.4) is 0 Å². The van der Waals surface area contributed by atoms with Crippen molar-refractivity contribution in [2.24, 2.45) is 0 Å². The van der Waals surface area contributed by atoms with E-state index in [1.165, 1.54) is 0 Å². The number of hydrogen-bond donors (Lipinski definition) is 1. The lowest BCUT2D eigenvalue weighted by molar-refractivity contribution is 0.102. The molecule has 0 unspecified atom stereocenters. The molecule has 0 bridgehead atoms. The van der Waals surface area contributed by atoms with Crippen LogP contribution in [0, 0.1) is 0 Å². The summed E-state index contributed by atoms with van der Waals surface area (Å²) in [6, 6.07) is 14.5. The summed E-state index contributed by atoms with van der Waals surface area (Å²) in [6.45, 7) is 4.04. The number of nitrogens with zero attached hydrogens (tertiary/aromatic N) is 2. The lowest BCUT2D eigenvalue weighted by atomic mass is 10.2. The highest BCUT2D eigenvalue weighted by Crippen LogP contribution is 2.16. The van der Waals surface area contributed by atoms with Gasteiger partial charge < -0.3 is 14.6 Å². The Balaban J connectivity index is 1.65. The lowest BCUT2D eigenvalue weighted by Crippen LogP contribution is -2.11.